The van der Waals surface area contributed by atoms with Crippen LogP contribution in [0.4, 0.5) is 0 Å². The lowest BCUT2D eigenvalue weighted by Crippen LogP contribution is -2.52. The predicted molar refractivity (Wildman–Crippen MR) is 116 cm³/mol. The van der Waals surface area contributed by atoms with Gasteiger partial charge in [-0.05, 0) is 17.5 Å². The van der Waals surface area contributed by atoms with E-state index in [1.165, 1.54) is 0 Å². The molecule has 176 valence electrons. The van der Waals surface area contributed by atoms with Crippen LogP contribution in [-0.2, 0) is 36.9 Å². The van der Waals surface area contributed by atoms with E-state index in [1.54, 1.807) is 4.90 Å². The van der Waals surface area contributed by atoms with Crippen LogP contribution in [0.2, 0.25) is 0 Å². The molecule has 1 atom stereocenters. The van der Waals surface area contributed by atoms with Gasteiger partial charge < -0.3 is 30.2 Å². The summed E-state index contributed by atoms with van der Waals surface area (Å²) in [7, 11) is 0. The van der Waals surface area contributed by atoms with Gasteiger partial charge in [0.2, 0.25) is 11.8 Å². The van der Waals surface area contributed by atoms with E-state index < -0.39 is 11.9 Å². The molecule has 1 aromatic carbocycles. The molecule has 0 bridgehead atoms. The van der Waals surface area contributed by atoms with Gasteiger partial charge in [-0.25, -0.2) is 0 Å². The zero-order chi connectivity index (χ0) is 22.8. The van der Waals surface area contributed by atoms with Gasteiger partial charge >= 0.3 is 0 Å². The number of fused-ring (bicyclic) bond motifs is 1. The largest absolute Gasteiger partial charge is 0.378 e. The number of nitrogens with one attached hydrogen (secondary N) is 2. The van der Waals surface area contributed by atoms with E-state index in [1.807, 2.05) is 18.2 Å². The molecule has 0 radical (unpaired) electrons. The molecule has 3 rings (SSSR count). The first-order valence-electron chi connectivity index (χ1n) is 11.0. The topological polar surface area (TPSA) is 132 Å². The van der Waals surface area contributed by atoms with E-state index in [2.05, 4.69) is 10.6 Å². The maximum absolute atomic E-state index is 13.0. The molecule has 1 saturated heterocycles. The molecule has 0 aliphatic carbocycles. The minimum Gasteiger partial charge on any atom is -0.378 e. The van der Waals surface area contributed by atoms with Crippen molar-refractivity contribution in [3.05, 3.63) is 34.9 Å². The van der Waals surface area contributed by atoms with Crippen LogP contribution in [0.15, 0.2) is 18.2 Å². The van der Waals surface area contributed by atoms with Gasteiger partial charge in [-0.15, -0.1) is 0 Å². The van der Waals surface area contributed by atoms with E-state index in [-0.39, 0.29) is 18.2 Å². The number of imide groups is 1. The first kappa shape index (κ1) is 24.3. The zero-order valence-corrected chi connectivity index (χ0v) is 18.3. The number of nitrogens with two attached hydrogens (primary N) is 1. The van der Waals surface area contributed by atoms with Gasteiger partial charge in [-0.2, -0.15) is 0 Å². The molecular formula is C22H32N4O6. The first-order valence-corrected chi connectivity index (χ1v) is 11.0. The summed E-state index contributed by atoms with van der Waals surface area (Å²) in [6, 6.07) is 5.14. The quantitative estimate of drug-likeness (QED) is 0.257. The minimum absolute atomic E-state index is 0.157. The number of hydrogen-bond acceptors (Lipinski definition) is 8. The van der Waals surface area contributed by atoms with Crippen molar-refractivity contribution >= 4 is 17.7 Å². The summed E-state index contributed by atoms with van der Waals surface area (Å²) in [5.74, 6) is -0.840. The second-order valence-electron chi connectivity index (χ2n) is 7.65. The van der Waals surface area contributed by atoms with Gasteiger partial charge in [0.25, 0.3) is 5.91 Å². The summed E-state index contributed by atoms with van der Waals surface area (Å²) in [5.41, 5.74) is 7.78. The fourth-order valence-corrected chi connectivity index (χ4v) is 3.83. The molecule has 0 spiro atoms. The Balaban J connectivity index is 1.37. The lowest BCUT2D eigenvalue weighted by molar-refractivity contribution is -0.136. The fourth-order valence-electron chi connectivity index (χ4n) is 3.83. The normalized spacial score (nSPS) is 18.2. The number of benzene rings is 1. The lowest BCUT2D eigenvalue weighted by Gasteiger charge is -2.29. The van der Waals surface area contributed by atoms with Crippen LogP contribution in [0.1, 0.15) is 34.3 Å². The highest BCUT2D eigenvalue weighted by molar-refractivity contribution is 6.05. The van der Waals surface area contributed by atoms with E-state index in [0.717, 1.165) is 11.1 Å². The van der Waals surface area contributed by atoms with Crippen molar-refractivity contribution in [1.82, 2.24) is 15.5 Å². The number of piperidine rings is 1. The Morgan fingerprint density at radius 2 is 1.75 bits per heavy atom. The molecule has 2 aliphatic rings. The molecule has 1 aromatic rings. The highest BCUT2D eigenvalue weighted by atomic mass is 16.5. The van der Waals surface area contributed by atoms with Crippen LogP contribution in [0.5, 0.6) is 0 Å². The summed E-state index contributed by atoms with van der Waals surface area (Å²) in [6.45, 7) is 5.16. The van der Waals surface area contributed by atoms with Crippen LogP contribution < -0.4 is 16.4 Å². The minimum atomic E-state index is -0.601. The maximum atomic E-state index is 13.0. The average Bonchev–Trinajstić information content (AvgIpc) is 3.11. The molecule has 10 nitrogen and oxygen atoms in total. The number of carbonyl (C=O) groups is 3. The van der Waals surface area contributed by atoms with Crippen LogP contribution in [0.25, 0.3) is 0 Å². The van der Waals surface area contributed by atoms with E-state index in [4.69, 9.17) is 19.9 Å². The van der Waals surface area contributed by atoms with Crippen LogP contribution in [0, 0.1) is 0 Å². The van der Waals surface area contributed by atoms with Gasteiger partial charge in [0, 0.05) is 38.2 Å². The molecule has 2 heterocycles. The number of rotatable bonds is 14. The molecule has 10 heteroatoms. The number of hydrogen-bond donors (Lipinski definition) is 3. The van der Waals surface area contributed by atoms with E-state index in [9.17, 15) is 14.4 Å². The van der Waals surface area contributed by atoms with Gasteiger partial charge in [-0.3, -0.25) is 19.7 Å². The van der Waals surface area contributed by atoms with Crippen molar-refractivity contribution in [3.8, 4) is 0 Å². The molecular weight excluding hydrogens is 416 g/mol. The van der Waals surface area contributed by atoms with Crippen molar-refractivity contribution in [3.63, 3.8) is 0 Å². The summed E-state index contributed by atoms with van der Waals surface area (Å²) in [6.07, 6.45) is 0.609. The molecule has 1 unspecified atom stereocenters. The lowest BCUT2D eigenvalue weighted by atomic mass is 10.0. The third-order valence-electron chi connectivity index (χ3n) is 5.38. The van der Waals surface area contributed by atoms with E-state index >= 15 is 0 Å². The van der Waals surface area contributed by atoms with Crippen molar-refractivity contribution < 1.29 is 28.6 Å². The standard InChI is InChI=1S/C22H32N4O6/c23-6-8-30-10-12-32-13-11-31-9-7-24-14-16-2-1-3-17-15-26(22(29)20(16)17)18-4-5-19(27)25-21(18)28/h1-3,18,24H,4-15,23H2,(H,25,27,28). The van der Waals surface area contributed by atoms with Gasteiger partial charge in [0.05, 0.1) is 39.6 Å². The number of amides is 3. The Hall–Kier alpha value is -2.37. The Bertz CT molecular complexity index is 803. The van der Waals surface area contributed by atoms with Crippen molar-refractivity contribution in [1.29, 1.82) is 0 Å². The van der Waals surface area contributed by atoms with Gasteiger partial charge in [-0.1, -0.05) is 18.2 Å². The second kappa shape index (κ2) is 12.6. The molecule has 4 N–H and O–H groups in total. The van der Waals surface area contributed by atoms with Gasteiger partial charge in [0.15, 0.2) is 0 Å². The summed E-state index contributed by atoms with van der Waals surface area (Å²) >= 11 is 0. The number of nitrogens with zero attached hydrogens (tertiary/aromatic N) is 1. The third-order valence-corrected chi connectivity index (χ3v) is 5.38. The molecule has 1 fully saturated rings. The molecule has 0 saturated carbocycles. The molecule has 32 heavy (non-hydrogen) atoms. The molecule has 2 aliphatic heterocycles. The Kier molecular flexibility index (Phi) is 9.57. The van der Waals surface area contributed by atoms with Crippen LogP contribution in [-0.4, -0.2) is 81.4 Å². The monoisotopic (exact) mass is 448 g/mol. The zero-order valence-electron chi connectivity index (χ0n) is 18.3. The van der Waals surface area contributed by atoms with Gasteiger partial charge in [0.1, 0.15) is 6.04 Å². The first-order chi connectivity index (χ1) is 15.6. The maximum Gasteiger partial charge on any atom is 0.255 e. The summed E-state index contributed by atoms with van der Waals surface area (Å²) in [4.78, 5) is 38.2. The smallest absolute Gasteiger partial charge is 0.255 e. The SMILES string of the molecule is NCCOCCOCCOCCNCc1cccc2c1C(=O)N(C1CCC(=O)NC1=O)C2. The number of carbonyl (C=O) groups excluding carboxylic acids is 3. The third kappa shape index (κ3) is 6.57. The summed E-state index contributed by atoms with van der Waals surface area (Å²) in [5, 5.41) is 5.62. The Morgan fingerprint density at radius 1 is 1.03 bits per heavy atom. The Labute approximate surface area is 187 Å². The molecule has 3 amide bonds. The van der Waals surface area contributed by atoms with Crippen molar-refractivity contribution in [2.75, 3.05) is 52.7 Å². The van der Waals surface area contributed by atoms with E-state index in [0.29, 0.717) is 77.8 Å². The average molecular weight is 449 g/mol. The molecule has 0 aromatic heterocycles. The Morgan fingerprint density at radius 3 is 2.47 bits per heavy atom. The summed E-state index contributed by atoms with van der Waals surface area (Å²) < 4.78 is 16.1. The second-order valence-corrected chi connectivity index (χ2v) is 7.65. The fraction of sp³-hybridized carbons (Fsp3) is 0.591. The predicted octanol–water partition coefficient (Wildman–Crippen LogP) is -0.454. The van der Waals surface area contributed by atoms with Crippen LogP contribution in [0.3, 0.4) is 0 Å². The highest BCUT2D eigenvalue weighted by Crippen LogP contribution is 2.29. The van der Waals surface area contributed by atoms with Crippen LogP contribution >= 0.6 is 0 Å². The number of ether oxygens (including phenoxy) is 3. The van der Waals surface area contributed by atoms with Crippen molar-refractivity contribution in [2.24, 2.45) is 5.73 Å². The van der Waals surface area contributed by atoms with Crippen molar-refractivity contribution in [2.45, 2.75) is 32.0 Å². The highest BCUT2D eigenvalue weighted by Gasteiger charge is 2.39.